The van der Waals surface area contributed by atoms with Gasteiger partial charge in [0, 0.05) is 11.8 Å². The van der Waals surface area contributed by atoms with E-state index in [0.29, 0.717) is 5.69 Å². The van der Waals surface area contributed by atoms with E-state index in [4.69, 9.17) is 10.8 Å². The third-order valence-electron chi connectivity index (χ3n) is 1.54. The molecule has 0 atom stereocenters. The van der Waals surface area contributed by atoms with Gasteiger partial charge >= 0.3 is 0 Å². The van der Waals surface area contributed by atoms with Crippen LogP contribution in [0.1, 0.15) is 18.9 Å². The molecule has 1 aromatic rings. The van der Waals surface area contributed by atoms with Gasteiger partial charge in [-0.3, -0.25) is 0 Å². The topological polar surface area (TPSA) is 46.2 Å². The number of nitrogens with two attached hydrogens (primary N) is 1. The third kappa shape index (κ3) is 2.15. The monoisotopic (exact) mass is 151 g/mol. The van der Waals surface area contributed by atoms with Crippen LogP contribution in [0.5, 0.6) is 5.75 Å². The lowest BCUT2D eigenvalue weighted by atomic mass is 10.1. The number of phenolic OH excluding ortho intramolecular Hbond substituents is 1. The lowest BCUT2D eigenvalue weighted by Crippen LogP contribution is -1.88. The Bertz CT molecular complexity index is 225. The predicted octanol–water partition coefficient (Wildman–Crippen LogP) is 1.93. The summed E-state index contributed by atoms with van der Waals surface area (Å²) in [5, 5.41) is 9.14. The molecule has 3 N–H and O–H groups in total. The number of anilines is 1. The van der Waals surface area contributed by atoms with E-state index in [1.165, 1.54) is 0 Å². The maximum Gasteiger partial charge on any atom is 0.117 e. The van der Waals surface area contributed by atoms with Crippen molar-refractivity contribution in [2.24, 2.45) is 0 Å². The summed E-state index contributed by atoms with van der Waals surface area (Å²) in [6.07, 6.45) is 2.04. The average molecular weight is 151 g/mol. The maximum absolute atomic E-state index is 9.14. The van der Waals surface area contributed by atoms with Crippen molar-refractivity contribution in [3.05, 3.63) is 23.8 Å². The second-order valence-electron chi connectivity index (χ2n) is 2.68. The molecule has 0 unspecified atom stereocenters. The normalized spacial score (nSPS) is 9.91. The van der Waals surface area contributed by atoms with Crippen molar-refractivity contribution in [3.8, 4) is 5.75 Å². The van der Waals surface area contributed by atoms with Crippen molar-refractivity contribution in [1.82, 2.24) is 0 Å². The second-order valence-corrected chi connectivity index (χ2v) is 2.68. The Morgan fingerprint density at radius 3 is 2.64 bits per heavy atom. The molecule has 0 aliphatic carbocycles. The molecule has 0 fully saturated rings. The van der Waals surface area contributed by atoms with Gasteiger partial charge < -0.3 is 10.8 Å². The third-order valence-corrected chi connectivity index (χ3v) is 1.54. The number of rotatable bonds is 2. The summed E-state index contributed by atoms with van der Waals surface area (Å²) in [6, 6.07) is 5.20. The highest BCUT2D eigenvalue weighted by Crippen LogP contribution is 2.17. The summed E-state index contributed by atoms with van der Waals surface area (Å²) >= 11 is 0. The highest BCUT2D eigenvalue weighted by Gasteiger charge is 1.95. The van der Waals surface area contributed by atoms with Crippen LogP contribution in [0.3, 0.4) is 0 Å². The van der Waals surface area contributed by atoms with Gasteiger partial charge in [0.25, 0.3) is 0 Å². The van der Waals surface area contributed by atoms with Gasteiger partial charge in [-0.1, -0.05) is 13.3 Å². The van der Waals surface area contributed by atoms with Gasteiger partial charge in [-0.05, 0) is 24.1 Å². The van der Waals surface area contributed by atoms with E-state index in [0.717, 1.165) is 18.4 Å². The van der Waals surface area contributed by atoms with E-state index < -0.39 is 0 Å². The zero-order valence-electron chi connectivity index (χ0n) is 6.67. The molecule has 2 heteroatoms. The molecule has 1 rings (SSSR count). The first kappa shape index (κ1) is 7.92. The lowest BCUT2D eigenvalue weighted by molar-refractivity contribution is 0.475. The summed E-state index contributed by atoms with van der Waals surface area (Å²) in [4.78, 5) is 0. The van der Waals surface area contributed by atoms with Crippen LogP contribution in [0, 0.1) is 0 Å². The first-order valence-electron chi connectivity index (χ1n) is 3.80. The minimum Gasteiger partial charge on any atom is -0.508 e. The van der Waals surface area contributed by atoms with Crippen molar-refractivity contribution in [1.29, 1.82) is 0 Å². The fraction of sp³-hybridized carbons (Fsp3) is 0.333. The Labute approximate surface area is 66.7 Å². The molecule has 60 valence electrons. The van der Waals surface area contributed by atoms with E-state index in [-0.39, 0.29) is 5.75 Å². The molecule has 2 nitrogen and oxygen atoms in total. The van der Waals surface area contributed by atoms with Crippen LogP contribution in [0.4, 0.5) is 5.69 Å². The van der Waals surface area contributed by atoms with E-state index in [9.17, 15) is 0 Å². The molecule has 11 heavy (non-hydrogen) atoms. The molecular weight excluding hydrogens is 138 g/mol. The van der Waals surface area contributed by atoms with Gasteiger partial charge in [0.05, 0.1) is 0 Å². The molecular formula is C9H13NO. The van der Waals surface area contributed by atoms with Crippen LogP contribution in [-0.2, 0) is 6.42 Å². The van der Waals surface area contributed by atoms with Crippen LogP contribution in [-0.4, -0.2) is 5.11 Å². The quantitative estimate of drug-likeness (QED) is 0.634. The van der Waals surface area contributed by atoms with Crippen LogP contribution < -0.4 is 5.73 Å². The standard InChI is InChI=1S/C9H13NO/c1-2-3-7-4-8(10)6-9(11)5-7/h4-6,11H,2-3,10H2,1H3. The number of nitrogen functional groups attached to an aromatic ring is 1. The first-order valence-corrected chi connectivity index (χ1v) is 3.80. The molecule has 0 spiro atoms. The Morgan fingerprint density at radius 2 is 2.09 bits per heavy atom. The smallest absolute Gasteiger partial charge is 0.117 e. The van der Waals surface area contributed by atoms with E-state index in [1.807, 2.05) is 6.07 Å². The molecule has 0 saturated heterocycles. The SMILES string of the molecule is CCCc1cc(N)cc(O)c1. The summed E-state index contributed by atoms with van der Waals surface area (Å²) in [6.45, 7) is 2.10. The molecule has 0 amide bonds. The number of benzene rings is 1. The highest BCUT2D eigenvalue weighted by molar-refractivity contribution is 5.46. The highest BCUT2D eigenvalue weighted by atomic mass is 16.3. The summed E-state index contributed by atoms with van der Waals surface area (Å²) in [5.41, 5.74) is 7.26. The minimum atomic E-state index is 0.258. The molecule has 0 heterocycles. The van der Waals surface area contributed by atoms with Crippen molar-refractivity contribution in [2.75, 3.05) is 5.73 Å². The van der Waals surface area contributed by atoms with Gasteiger partial charge in [0.1, 0.15) is 5.75 Å². The molecule has 0 saturated carbocycles. The van der Waals surface area contributed by atoms with E-state index in [2.05, 4.69) is 6.92 Å². The number of aromatic hydroxyl groups is 1. The van der Waals surface area contributed by atoms with Crippen molar-refractivity contribution >= 4 is 5.69 Å². The zero-order chi connectivity index (χ0) is 8.27. The van der Waals surface area contributed by atoms with Gasteiger partial charge in [-0.25, -0.2) is 0 Å². The van der Waals surface area contributed by atoms with Crippen LogP contribution >= 0.6 is 0 Å². The Morgan fingerprint density at radius 1 is 1.36 bits per heavy atom. The van der Waals surface area contributed by atoms with Crippen molar-refractivity contribution in [3.63, 3.8) is 0 Å². The van der Waals surface area contributed by atoms with Crippen LogP contribution in [0.2, 0.25) is 0 Å². The second kappa shape index (κ2) is 3.28. The largest absolute Gasteiger partial charge is 0.508 e. The molecule has 1 aromatic carbocycles. The molecule has 0 aliphatic rings. The molecule has 0 aliphatic heterocycles. The zero-order valence-corrected chi connectivity index (χ0v) is 6.67. The molecule has 0 bridgehead atoms. The summed E-state index contributed by atoms with van der Waals surface area (Å²) in [7, 11) is 0. The van der Waals surface area contributed by atoms with Crippen LogP contribution in [0.25, 0.3) is 0 Å². The Hall–Kier alpha value is -1.18. The average Bonchev–Trinajstić information content (AvgIpc) is 1.85. The predicted molar refractivity (Wildman–Crippen MR) is 46.5 cm³/mol. The van der Waals surface area contributed by atoms with Gasteiger partial charge in [0.15, 0.2) is 0 Å². The fourth-order valence-electron chi connectivity index (χ4n) is 1.13. The number of hydrogen-bond donors (Lipinski definition) is 2. The number of hydrogen-bond acceptors (Lipinski definition) is 2. The number of aryl methyl sites for hydroxylation is 1. The minimum absolute atomic E-state index is 0.258. The van der Waals surface area contributed by atoms with Gasteiger partial charge in [0.2, 0.25) is 0 Å². The fourth-order valence-corrected chi connectivity index (χ4v) is 1.13. The van der Waals surface area contributed by atoms with E-state index in [1.54, 1.807) is 12.1 Å². The van der Waals surface area contributed by atoms with Crippen molar-refractivity contribution < 1.29 is 5.11 Å². The number of phenols is 1. The van der Waals surface area contributed by atoms with Crippen molar-refractivity contribution in [2.45, 2.75) is 19.8 Å². The first-order chi connectivity index (χ1) is 5.22. The Kier molecular flexibility index (Phi) is 2.36. The van der Waals surface area contributed by atoms with Crippen LogP contribution in [0.15, 0.2) is 18.2 Å². The maximum atomic E-state index is 9.14. The molecule has 0 aromatic heterocycles. The summed E-state index contributed by atoms with van der Waals surface area (Å²) in [5.74, 6) is 0.258. The van der Waals surface area contributed by atoms with E-state index >= 15 is 0 Å². The molecule has 0 radical (unpaired) electrons. The van der Waals surface area contributed by atoms with Gasteiger partial charge in [-0.15, -0.1) is 0 Å². The summed E-state index contributed by atoms with van der Waals surface area (Å²) < 4.78 is 0. The van der Waals surface area contributed by atoms with Gasteiger partial charge in [-0.2, -0.15) is 0 Å². The Balaban J connectivity index is 2.89. The lowest BCUT2D eigenvalue weighted by Gasteiger charge is -2.01.